The fourth-order valence-electron chi connectivity index (χ4n) is 5.15. The summed E-state index contributed by atoms with van der Waals surface area (Å²) in [5, 5.41) is 22.1. The second kappa shape index (κ2) is 13.8. The average molecular weight is 780 g/mol. The maximum absolute atomic E-state index is 13.1. The molecule has 0 aliphatic heterocycles. The molecule has 0 saturated carbocycles. The van der Waals surface area contributed by atoms with Gasteiger partial charge in [0.15, 0.2) is 0 Å². The first-order valence-electron chi connectivity index (χ1n) is 14.8. The zero-order valence-electron chi connectivity index (χ0n) is 26.4. The zero-order valence-corrected chi connectivity index (χ0v) is 29.6. The Balaban J connectivity index is 1.17. The van der Waals surface area contributed by atoms with Gasteiger partial charge < -0.3 is 15.7 Å². The van der Waals surface area contributed by atoms with Crippen molar-refractivity contribution in [3.8, 4) is 0 Å². The van der Waals surface area contributed by atoms with E-state index in [4.69, 9.17) is 16.7 Å². The minimum atomic E-state index is -4.15. The molecule has 2 amide bonds. The normalized spacial score (nSPS) is 12.0. The van der Waals surface area contributed by atoms with Gasteiger partial charge in [0.2, 0.25) is 10.0 Å². The Labute approximate surface area is 302 Å². The summed E-state index contributed by atoms with van der Waals surface area (Å²) in [4.78, 5) is 23.9. The quantitative estimate of drug-likeness (QED) is 0.0923. The Morgan fingerprint density at radius 1 is 0.538 bits per heavy atom. The lowest BCUT2D eigenvalue weighted by Gasteiger charge is -2.12. The Morgan fingerprint density at radius 3 is 1.52 bits per heavy atom. The lowest BCUT2D eigenvalue weighted by Crippen LogP contribution is -2.19. The molecule has 6 aromatic rings. The van der Waals surface area contributed by atoms with Crippen molar-refractivity contribution in [1.29, 1.82) is 0 Å². The fraction of sp³-hybridized carbons (Fsp3) is 0. The van der Waals surface area contributed by atoms with Gasteiger partial charge in [0.1, 0.15) is 0 Å². The number of benzene rings is 6. The SMILES string of the molecule is NS(=O)(=O)c1cccc(NS(=O)(=O)c2ccc3ccc(NC(=O)Nc4ccc5ccc(S(=O)(=O)Nc6ccc(Cl)c(C(=O)O)c6)cc5c4)cc3c2)c1. The Hall–Kier alpha value is -5.72. The molecule has 18 heteroatoms. The number of nitrogens with one attached hydrogen (secondary N) is 4. The van der Waals surface area contributed by atoms with Crippen LogP contribution in [0, 0.1) is 0 Å². The van der Waals surface area contributed by atoms with Crippen molar-refractivity contribution in [2.75, 3.05) is 20.1 Å². The molecule has 0 unspecified atom stereocenters. The lowest BCUT2D eigenvalue weighted by molar-refractivity contribution is 0.0697. The predicted octanol–water partition coefficient (Wildman–Crippen LogP) is 6.24. The third-order valence-corrected chi connectivity index (χ3v) is 11.6. The summed E-state index contributed by atoms with van der Waals surface area (Å²) >= 11 is 5.89. The number of fused-ring (bicyclic) bond motifs is 2. The van der Waals surface area contributed by atoms with Crippen molar-refractivity contribution >= 4 is 98.0 Å². The maximum Gasteiger partial charge on any atom is 0.337 e. The number of urea groups is 1. The van der Waals surface area contributed by atoms with Gasteiger partial charge >= 0.3 is 12.0 Å². The summed E-state index contributed by atoms with van der Waals surface area (Å²) in [6.07, 6.45) is 0. The largest absolute Gasteiger partial charge is 0.478 e. The molecule has 7 N–H and O–H groups in total. The van der Waals surface area contributed by atoms with Gasteiger partial charge in [-0.05, 0) is 106 Å². The van der Waals surface area contributed by atoms with Crippen LogP contribution in [0.2, 0.25) is 5.02 Å². The van der Waals surface area contributed by atoms with Gasteiger partial charge in [0, 0.05) is 17.1 Å². The smallest absolute Gasteiger partial charge is 0.337 e. The molecule has 0 spiro atoms. The summed E-state index contributed by atoms with van der Waals surface area (Å²) in [5.74, 6) is -1.32. The van der Waals surface area contributed by atoms with Crippen LogP contribution < -0.4 is 25.2 Å². The summed E-state index contributed by atoms with van der Waals surface area (Å²) in [5.41, 5.74) is 0.405. The fourth-order valence-corrected chi connectivity index (χ4v) is 8.08. The van der Waals surface area contributed by atoms with Gasteiger partial charge in [-0.1, -0.05) is 41.9 Å². The molecule has 0 radical (unpaired) electrons. The lowest BCUT2D eigenvalue weighted by atomic mass is 10.1. The molecule has 0 aliphatic rings. The van der Waals surface area contributed by atoms with Crippen LogP contribution in [0.25, 0.3) is 21.5 Å². The highest BCUT2D eigenvalue weighted by atomic mass is 35.5. The standard InChI is InChI=1S/C34H26ClN5O9S3/c35-32-13-10-27(19-31(32)33(41)42)40-52(48,49)30-12-7-21-5-9-25(15-23(21)17-30)38-34(43)37-24-8-4-20-6-11-29(16-22(20)14-24)51(46,47)39-26-2-1-3-28(18-26)50(36,44)45/h1-19,39-40H,(H,41,42)(H2,36,44,45)(H2,37,38,43). The molecule has 0 fully saturated rings. The van der Waals surface area contributed by atoms with E-state index in [0.717, 1.165) is 12.1 Å². The van der Waals surface area contributed by atoms with Gasteiger partial charge in [-0.2, -0.15) is 0 Å². The number of nitrogens with two attached hydrogens (primary N) is 1. The number of sulfonamides is 3. The van der Waals surface area contributed by atoms with Crippen molar-refractivity contribution < 1.29 is 39.9 Å². The van der Waals surface area contributed by atoms with E-state index in [-0.39, 0.29) is 36.6 Å². The van der Waals surface area contributed by atoms with E-state index in [1.165, 1.54) is 54.6 Å². The number of aromatic carboxylic acids is 1. The molecule has 6 rings (SSSR count). The predicted molar refractivity (Wildman–Crippen MR) is 198 cm³/mol. The van der Waals surface area contributed by atoms with Crippen LogP contribution >= 0.6 is 11.6 Å². The highest BCUT2D eigenvalue weighted by Crippen LogP contribution is 2.28. The number of carbonyl (C=O) groups excluding carboxylic acids is 1. The van der Waals surface area contributed by atoms with Crippen molar-refractivity contribution in [2.45, 2.75) is 14.7 Å². The summed E-state index contributed by atoms with van der Waals surface area (Å²) in [6, 6.07) is 26.6. The molecular weight excluding hydrogens is 754 g/mol. The van der Waals surface area contributed by atoms with Crippen LogP contribution in [0.4, 0.5) is 27.5 Å². The number of primary sulfonamides is 1. The van der Waals surface area contributed by atoms with Gasteiger partial charge in [-0.25, -0.2) is 40.0 Å². The molecule has 0 heterocycles. The molecule has 0 aromatic heterocycles. The number of anilines is 4. The number of amides is 2. The molecule has 0 atom stereocenters. The van der Waals surface area contributed by atoms with E-state index in [0.29, 0.717) is 32.9 Å². The highest BCUT2D eigenvalue weighted by molar-refractivity contribution is 7.93. The molecule has 0 bridgehead atoms. The Morgan fingerprint density at radius 2 is 1.02 bits per heavy atom. The third-order valence-electron chi connectivity index (χ3n) is 7.62. The number of halogens is 1. The van der Waals surface area contributed by atoms with Crippen LogP contribution in [0.5, 0.6) is 0 Å². The number of hydrogen-bond acceptors (Lipinski definition) is 8. The van der Waals surface area contributed by atoms with Crippen LogP contribution in [-0.4, -0.2) is 42.4 Å². The highest BCUT2D eigenvalue weighted by Gasteiger charge is 2.19. The van der Waals surface area contributed by atoms with E-state index >= 15 is 0 Å². The average Bonchev–Trinajstić information content (AvgIpc) is 3.07. The number of hydrogen-bond donors (Lipinski definition) is 6. The molecule has 266 valence electrons. The van der Waals surface area contributed by atoms with Gasteiger partial charge in [0.25, 0.3) is 20.0 Å². The number of carbonyl (C=O) groups is 2. The topological polar surface area (TPSA) is 231 Å². The first-order chi connectivity index (χ1) is 24.5. The van der Waals surface area contributed by atoms with Crippen molar-refractivity contribution in [3.05, 3.63) is 126 Å². The van der Waals surface area contributed by atoms with E-state index in [2.05, 4.69) is 20.1 Å². The van der Waals surface area contributed by atoms with Gasteiger partial charge in [-0.15, -0.1) is 0 Å². The first-order valence-corrected chi connectivity index (χ1v) is 19.7. The van der Waals surface area contributed by atoms with E-state index in [1.54, 1.807) is 48.5 Å². The maximum atomic E-state index is 13.1. The summed E-state index contributed by atoms with van der Waals surface area (Å²) in [7, 11) is -12.3. The Kier molecular flexibility index (Phi) is 9.56. The number of rotatable bonds is 10. The van der Waals surface area contributed by atoms with E-state index in [9.17, 15) is 39.9 Å². The van der Waals surface area contributed by atoms with Crippen molar-refractivity contribution in [1.82, 2.24) is 0 Å². The molecule has 14 nitrogen and oxygen atoms in total. The molecule has 0 aliphatic carbocycles. The first kappa shape index (κ1) is 36.1. The minimum absolute atomic E-state index is 0.00376. The molecule has 52 heavy (non-hydrogen) atoms. The molecule has 6 aromatic carbocycles. The monoisotopic (exact) mass is 779 g/mol. The van der Waals surface area contributed by atoms with Crippen molar-refractivity contribution in [3.63, 3.8) is 0 Å². The van der Waals surface area contributed by atoms with Crippen LogP contribution in [0.15, 0.2) is 130 Å². The second-order valence-electron chi connectivity index (χ2n) is 11.3. The number of carboxylic acid groups (broad SMARTS) is 1. The summed E-state index contributed by atoms with van der Waals surface area (Å²) < 4.78 is 80.6. The number of carboxylic acids is 1. The molecule has 0 saturated heterocycles. The second-order valence-corrected chi connectivity index (χ2v) is 16.6. The van der Waals surface area contributed by atoms with Crippen LogP contribution in [0.3, 0.4) is 0 Å². The molecular formula is C34H26ClN5O9S3. The zero-order chi connectivity index (χ0) is 37.4. The van der Waals surface area contributed by atoms with Gasteiger partial charge in [0.05, 0.1) is 31.0 Å². The van der Waals surface area contributed by atoms with E-state index < -0.39 is 42.1 Å². The summed E-state index contributed by atoms with van der Waals surface area (Å²) in [6.45, 7) is 0. The van der Waals surface area contributed by atoms with Crippen LogP contribution in [-0.2, 0) is 30.1 Å². The van der Waals surface area contributed by atoms with E-state index in [1.807, 2.05) is 0 Å². The Bertz CT molecular complexity index is 2780. The minimum Gasteiger partial charge on any atom is -0.478 e. The van der Waals surface area contributed by atoms with Crippen molar-refractivity contribution in [2.24, 2.45) is 5.14 Å². The van der Waals surface area contributed by atoms with Crippen LogP contribution in [0.1, 0.15) is 10.4 Å². The van der Waals surface area contributed by atoms with Gasteiger partial charge in [-0.3, -0.25) is 9.44 Å². The third kappa shape index (κ3) is 8.09.